The number of halogens is 2. The van der Waals surface area contributed by atoms with Crippen LogP contribution in [0.4, 0.5) is 0 Å². The second-order valence-corrected chi connectivity index (χ2v) is 7.54. The van der Waals surface area contributed by atoms with E-state index in [4.69, 9.17) is 4.99 Å². The minimum atomic E-state index is 0. The first-order chi connectivity index (χ1) is 11.3. The van der Waals surface area contributed by atoms with Crippen LogP contribution in [0.3, 0.4) is 0 Å². The molecule has 3 rings (SSSR count). The van der Waals surface area contributed by atoms with Crippen molar-refractivity contribution >= 4 is 11.3 Å². The van der Waals surface area contributed by atoms with Crippen molar-refractivity contribution in [2.45, 2.75) is 52.4 Å². The van der Waals surface area contributed by atoms with E-state index >= 15 is 0 Å². The molecule has 0 radical (unpaired) electrons. The third-order valence-electron chi connectivity index (χ3n) is 4.56. The van der Waals surface area contributed by atoms with Gasteiger partial charge in [0.15, 0.2) is 0 Å². The number of unbranched alkanes of at least 4 members (excludes halogenated alkanes) is 2. The van der Waals surface area contributed by atoms with Crippen LogP contribution in [0.25, 0.3) is 5.57 Å². The smallest absolute Gasteiger partial charge is 1.00 e. The van der Waals surface area contributed by atoms with Gasteiger partial charge in [0.05, 0.1) is 0 Å². The average molecular weight is 453 g/mol. The molecule has 0 spiro atoms. The van der Waals surface area contributed by atoms with Gasteiger partial charge in [0.1, 0.15) is 0 Å². The molecule has 4 heteroatoms. The number of benzene rings is 1. The summed E-state index contributed by atoms with van der Waals surface area (Å²) in [5.41, 5.74) is 8.23. The van der Waals surface area contributed by atoms with Gasteiger partial charge >= 0.3 is 155 Å². The van der Waals surface area contributed by atoms with Crippen LogP contribution in [0, 0.1) is 0 Å². The molecule has 0 saturated carbocycles. The molecule has 1 aliphatic carbocycles. The van der Waals surface area contributed by atoms with Crippen molar-refractivity contribution in [3.8, 4) is 0 Å². The fraction of sp³-hybridized carbons (Fsp3) is 0.381. The molecule has 1 nitrogen and oxygen atoms in total. The maximum atomic E-state index is 5.03. The molecule has 0 unspecified atom stereocenters. The Balaban J connectivity index is 0.00000156. The molecule has 0 aromatic heterocycles. The number of aliphatic imine (C=N–C) groups is 1. The predicted octanol–water partition coefficient (Wildman–Crippen LogP) is -0.0184. The second kappa shape index (κ2) is 10.7. The Hall–Kier alpha value is -0.427. The molecule has 1 heterocycles. The molecular weight excluding hydrogens is 428 g/mol. The van der Waals surface area contributed by atoms with Gasteiger partial charge in [-0.05, 0) is 0 Å². The second-order valence-electron chi connectivity index (χ2n) is 6.31. The fourth-order valence-electron chi connectivity index (χ4n) is 3.29. The molecule has 131 valence electrons. The number of nitrogens with zero attached hydrogens (tertiary/aromatic N) is 1. The largest absolute Gasteiger partial charge is 1.00 e. The summed E-state index contributed by atoms with van der Waals surface area (Å²) < 4.78 is 1.54. The Kier molecular flexibility index (Phi) is 9.64. The third kappa shape index (κ3) is 4.85. The number of fused-ring (bicyclic) bond motifs is 1. The average Bonchev–Trinajstić information content (AvgIpc) is 3.08. The molecular formula is C21H24Cl2NZr. The Morgan fingerprint density at radius 1 is 0.880 bits per heavy atom. The van der Waals surface area contributed by atoms with E-state index in [0.717, 1.165) is 6.42 Å². The Labute approximate surface area is 179 Å². The zero-order valence-corrected chi connectivity index (χ0v) is 18.9. The first-order valence-electron chi connectivity index (χ1n) is 8.81. The van der Waals surface area contributed by atoms with E-state index in [9.17, 15) is 0 Å². The number of hydrogen-bond donors (Lipinski definition) is 0. The molecule has 1 aromatic rings. The molecule has 0 bridgehead atoms. The molecule has 0 fully saturated rings. The van der Waals surface area contributed by atoms with Crippen molar-refractivity contribution in [1.29, 1.82) is 0 Å². The minimum Gasteiger partial charge on any atom is -1.00 e. The van der Waals surface area contributed by atoms with Crippen molar-refractivity contribution in [2.75, 3.05) is 0 Å². The van der Waals surface area contributed by atoms with Crippen LogP contribution >= 0.6 is 0 Å². The summed E-state index contributed by atoms with van der Waals surface area (Å²) in [4.78, 5) is 5.03. The Morgan fingerprint density at radius 3 is 2.16 bits per heavy atom. The standard InChI is InChI=1S/C21H24N.2ClH.Zr/c1-3-5-10-16-14-18-20(15-16)22-19(13-6-4-2)21(18)17-11-8-7-9-12-17;;;/h7-9,11-12,15H,3-6,10,13H2,1-2H3;2*1H;/q;;;+2/p-2. The van der Waals surface area contributed by atoms with E-state index in [1.165, 1.54) is 93.8 Å². The van der Waals surface area contributed by atoms with Crippen molar-refractivity contribution in [3.63, 3.8) is 0 Å². The zero-order valence-electron chi connectivity index (χ0n) is 14.9. The fourth-order valence-corrected chi connectivity index (χ4v) is 4.40. The molecule has 0 amide bonds. The van der Waals surface area contributed by atoms with Crippen LogP contribution in [0.15, 0.2) is 61.5 Å². The quantitative estimate of drug-likeness (QED) is 0.552. The van der Waals surface area contributed by atoms with Gasteiger partial charge in [0.25, 0.3) is 0 Å². The molecule has 0 atom stereocenters. The van der Waals surface area contributed by atoms with E-state index < -0.39 is 0 Å². The maximum Gasteiger partial charge on any atom is -1.00 e. The van der Waals surface area contributed by atoms with E-state index in [0.29, 0.717) is 0 Å². The molecule has 2 aliphatic rings. The first-order valence-corrected chi connectivity index (χ1v) is 10.0. The van der Waals surface area contributed by atoms with Gasteiger partial charge in [-0.25, -0.2) is 0 Å². The Bertz CT molecular complexity index is 715. The van der Waals surface area contributed by atoms with Gasteiger partial charge in [-0.1, -0.05) is 0 Å². The number of rotatable bonds is 7. The van der Waals surface area contributed by atoms with E-state index in [1.807, 2.05) is 0 Å². The van der Waals surface area contributed by atoms with Gasteiger partial charge < -0.3 is 24.8 Å². The molecule has 25 heavy (non-hydrogen) atoms. The van der Waals surface area contributed by atoms with Crippen LogP contribution in [0.1, 0.15) is 57.9 Å². The summed E-state index contributed by atoms with van der Waals surface area (Å²) in [6.45, 7) is 4.52. The summed E-state index contributed by atoms with van der Waals surface area (Å²) in [7, 11) is 0. The topological polar surface area (TPSA) is 12.4 Å². The Morgan fingerprint density at radius 2 is 1.52 bits per heavy atom. The minimum absolute atomic E-state index is 0. The zero-order chi connectivity index (χ0) is 16.2. The van der Waals surface area contributed by atoms with E-state index in [-0.39, 0.29) is 24.8 Å². The van der Waals surface area contributed by atoms with Gasteiger partial charge in [-0.15, -0.1) is 0 Å². The molecule has 1 aliphatic heterocycles. The predicted molar refractivity (Wildman–Crippen MR) is 95.0 cm³/mol. The van der Waals surface area contributed by atoms with Crippen molar-refractivity contribution in [2.24, 2.45) is 4.99 Å². The summed E-state index contributed by atoms with van der Waals surface area (Å²) in [6, 6.07) is 10.8. The summed E-state index contributed by atoms with van der Waals surface area (Å²) >= 11 is 1.52. The van der Waals surface area contributed by atoms with Crippen molar-refractivity contribution in [3.05, 3.63) is 62.1 Å². The monoisotopic (exact) mass is 450 g/mol. The van der Waals surface area contributed by atoms with Crippen LogP contribution in [0.2, 0.25) is 0 Å². The van der Waals surface area contributed by atoms with Crippen LogP contribution < -0.4 is 24.8 Å². The van der Waals surface area contributed by atoms with Gasteiger partial charge in [0, 0.05) is 0 Å². The number of hydrogen-bond acceptors (Lipinski definition) is 1. The van der Waals surface area contributed by atoms with Crippen LogP contribution in [0.5, 0.6) is 0 Å². The number of allylic oxidation sites excluding steroid dienone is 4. The summed E-state index contributed by atoms with van der Waals surface area (Å²) in [6.07, 6.45) is 9.62. The normalized spacial score (nSPS) is 15.5. The third-order valence-corrected chi connectivity index (χ3v) is 5.97. The maximum absolute atomic E-state index is 5.03. The van der Waals surface area contributed by atoms with Gasteiger partial charge in [0.2, 0.25) is 0 Å². The molecule has 0 saturated heterocycles. The summed E-state index contributed by atoms with van der Waals surface area (Å²) in [5.74, 6) is 0. The van der Waals surface area contributed by atoms with Gasteiger partial charge in [-0.3, -0.25) is 0 Å². The SMILES string of the molecule is CCCCC1=NC2=CC(CCCC)=[C]([Zr+2])C2=C1c1ccccc1.[Cl-].[Cl-]. The van der Waals surface area contributed by atoms with Gasteiger partial charge in [-0.2, -0.15) is 0 Å². The first kappa shape index (κ1) is 22.6. The van der Waals surface area contributed by atoms with Crippen LogP contribution in [-0.2, 0) is 24.7 Å². The summed E-state index contributed by atoms with van der Waals surface area (Å²) in [5, 5.41) is 0. The molecule has 0 N–H and O–H groups in total. The van der Waals surface area contributed by atoms with Crippen LogP contribution in [-0.4, -0.2) is 5.71 Å². The van der Waals surface area contributed by atoms with Crippen molar-refractivity contribution < 1.29 is 49.5 Å². The van der Waals surface area contributed by atoms with E-state index in [1.54, 1.807) is 0 Å². The van der Waals surface area contributed by atoms with Crippen molar-refractivity contribution in [1.82, 2.24) is 0 Å². The molecule has 1 aromatic carbocycles. The van der Waals surface area contributed by atoms with E-state index in [2.05, 4.69) is 50.3 Å².